The Morgan fingerprint density at radius 2 is 2.24 bits per heavy atom. The molecule has 1 fully saturated rings. The van der Waals surface area contributed by atoms with Gasteiger partial charge in [0.25, 0.3) is 0 Å². The molecule has 2 aliphatic rings. The van der Waals surface area contributed by atoms with Gasteiger partial charge in [-0.15, -0.1) is 0 Å². The Morgan fingerprint density at radius 1 is 1.41 bits per heavy atom. The fourth-order valence-corrected chi connectivity index (χ4v) is 2.44. The molecule has 0 saturated carbocycles. The molecule has 0 radical (unpaired) electrons. The van der Waals surface area contributed by atoms with E-state index in [0.29, 0.717) is 11.7 Å². The Labute approximate surface area is 162 Å². The summed E-state index contributed by atoms with van der Waals surface area (Å²) in [6.07, 6.45) is 5.43. The van der Waals surface area contributed by atoms with Gasteiger partial charge in [0.05, 0.1) is 17.9 Å². The number of rotatable bonds is 0. The van der Waals surface area contributed by atoms with Crippen molar-refractivity contribution < 1.29 is 73.6 Å². The third-order valence-electron chi connectivity index (χ3n) is 3.20. The third kappa shape index (κ3) is 3.14. The van der Waals surface area contributed by atoms with E-state index in [1.165, 1.54) is 19.3 Å². The topological polar surface area (TPSA) is 51.4 Å². The van der Waals surface area contributed by atoms with Crippen LogP contribution in [-0.4, -0.2) is 24.2 Å². The molecule has 1 atom stereocenters. The molecule has 0 spiro atoms. The van der Waals surface area contributed by atoms with Crippen molar-refractivity contribution in [2.24, 2.45) is 0 Å². The molecule has 4 nitrogen and oxygen atoms in total. The predicted octanol–water partition coefficient (Wildman–Crippen LogP) is -1.13. The van der Waals surface area contributed by atoms with Crippen LogP contribution < -0.4 is 84.3 Å². The summed E-state index contributed by atoms with van der Waals surface area (Å²) in [6.45, 7) is 1.87. The number of anilines is 2. The first kappa shape index (κ1) is 15.7. The number of ether oxygens (including phenoxy) is 1. The maximum atomic E-state index is 5.76. The van der Waals surface area contributed by atoms with Crippen LogP contribution in [0.4, 0.5) is 11.4 Å². The average molecular weight is 353 g/mol. The van der Waals surface area contributed by atoms with Gasteiger partial charge < -0.3 is 22.8 Å². The van der Waals surface area contributed by atoms with E-state index in [4.69, 9.17) is 10.5 Å². The molecule has 1 unspecified atom stereocenters. The van der Waals surface area contributed by atoms with Crippen molar-refractivity contribution in [3.05, 3.63) is 19.7 Å². The number of fused-ring (bicyclic) bond motifs is 3. The SMILES string of the molecule is Nc1cnc2c(c1)N1CCCCC1CO2.[CH3-].[Cs+]. The Bertz CT molecular complexity index is 386. The summed E-state index contributed by atoms with van der Waals surface area (Å²) in [5.74, 6) is 0.738. The van der Waals surface area contributed by atoms with Gasteiger partial charge in [-0.25, -0.2) is 4.98 Å². The third-order valence-corrected chi connectivity index (χ3v) is 3.20. The number of nitrogen functional groups attached to an aromatic ring is 1. The van der Waals surface area contributed by atoms with E-state index in [9.17, 15) is 0 Å². The van der Waals surface area contributed by atoms with Gasteiger partial charge in [0.2, 0.25) is 5.88 Å². The van der Waals surface area contributed by atoms with Crippen molar-refractivity contribution in [2.75, 3.05) is 23.8 Å². The second-order valence-corrected chi connectivity index (χ2v) is 4.25. The first-order chi connectivity index (χ1) is 7.34. The van der Waals surface area contributed by atoms with E-state index in [0.717, 1.165) is 24.7 Å². The molecular weight excluding hydrogens is 335 g/mol. The Balaban J connectivity index is 0.000000722. The molecular formula is C12H18CsN3O. The number of aromatic nitrogens is 1. The Morgan fingerprint density at radius 3 is 3.06 bits per heavy atom. The molecule has 2 aliphatic heterocycles. The number of nitrogens with two attached hydrogens (primary N) is 1. The first-order valence-corrected chi connectivity index (χ1v) is 5.49. The van der Waals surface area contributed by atoms with Gasteiger partial charge >= 0.3 is 68.9 Å². The number of hydrogen-bond donors (Lipinski definition) is 1. The van der Waals surface area contributed by atoms with E-state index >= 15 is 0 Å². The van der Waals surface area contributed by atoms with Crippen LogP contribution in [0.3, 0.4) is 0 Å². The van der Waals surface area contributed by atoms with Crippen LogP contribution in [-0.2, 0) is 0 Å². The maximum Gasteiger partial charge on any atom is 1.00 e. The summed E-state index contributed by atoms with van der Waals surface area (Å²) >= 11 is 0. The zero-order valence-corrected chi connectivity index (χ0v) is 16.9. The molecule has 0 bridgehead atoms. The molecule has 88 valence electrons. The molecule has 0 aromatic carbocycles. The largest absolute Gasteiger partial charge is 1.00 e. The standard InChI is InChI=1S/C11H15N3O.CH3.Cs/c12-8-5-10-11(13-6-8)15-7-9-3-1-2-4-14(9)10;;/h5-6,9H,1-4,7,12H2;1H3;/q;-1;+1. The van der Waals surface area contributed by atoms with E-state index in [1.54, 1.807) is 6.20 Å². The molecule has 1 aromatic heterocycles. The maximum absolute atomic E-state index is 5.76. The van der Waals surface area contributed by atoms with Gasteiger partial charge in [0.1, 0.15) is 12.3 Å². The normalized spacial score (nSPS) is 21.2. The summed E-state index contributed by atoms with van der Waals surface area (Å²) in [5.41, 5.74) is 7.55. The second-order valence-electron chi connectivity index (χ2n) is 4.25. The smallest absolute Gasteiger partial charge is 0.474 e. The molecule has 0 aliphatic carbocycles. The predicted molar refractivity (Wildman–Crippen MR) is 65.5 cm³/mol. The number of nitrogens with zero attached hydrogens (tertiary/aromatic N) is 2. The molecule has 17 heavy (non-hydrogen) atoms. The van der Waals surface area contributed by atoms with E-state index in [1.807, 2.05) is 6.07 Å². The van der Waals surface area contributed by atoms with Crippen molar-refractivity contribution in [1.82, 2.24) is 4.98 Å². The fraction of sp³-hybridized carbons (Fsp3) is 0.500. The molecule has 2 N–H and O–H groups in total. The van der Waals surface area contributed by atoms with E-state index < -0.39 is 0 Å². The van der Waals surface area contributed by atoms with Crippen molar-refractivity contribution in [3.8, 4) is 5.88 Å². The zero-order valence-electron chi connectivity index (χ0n) is 10.6. The van der Waals surface area contributed by atoms with Crippen LogP contribution in [0, 0.1) is 7.43 Å². The van der Waals surface area contributed by atoms with Crippen LogP contribution in [0.15, 0.2) is 12.3 Å². The molecule has 5 heteroatoms. The summed E-state index contributed by atoms with van der Waals surface area (Å²) in [5, 5.41) is 0. The Kier molecular flexibility index (Phi) is 6.15. The summed E-state index contributed by atoms with van der Waals surface area (Å²) in [6, 6.07) is 2.50. The molecule has 3 heterocycles. The first-order valence-electron chi connectivity index (χ1n) is 5.49. The number of piperidine rings is 1. The summed E-state index contributed by atoms with van der Waals surface area (Å²) < 4.78 is 5.64. The van der Waals surface area contributed by atoms with E-state index in [2.05, 4.69) is 9.88 Å². The van der Waals surface area contributed by atoms with Gasteiger partial charge in [0.15, 0.2) is 0 Å². The average Bonchev–Trinajstić information content (AvgIpc) is 2.29. The Hall–Kier alpha value is 0.602. The van der Waals surface area contributed by atoms with Crippen LogP contribution in [0.2, 0.25) is 0 Å². The molecule has 1 saturated heterocycles. The van der Waals surface area contributed by atoms with Crippen LogP contribution in [0.5, 0.6) is 5.88 Å². The van der Waals surface area contributed by atoms with Crippen molar-refractivity contribution >= 4 is 11.4 Å². The van der Waals surface area contributed by atoms with Gasteiger partial charge in [0, 0.05) is 6.54 Å². The van der Waals surface area contributed by atoms with Gasteiger partial charge in [-0.05, 0) is 25.3 Å². The summed E-state index contributed by atoms with van der Waals surface area (Å²) in [7, 11) is 0. The number of pyridine rings is 1. The van der Waals surface area contributed by atoms with Crippen LogP contribution >= 0.6 is 0 Å². The zero-order chi connectivity index (χ0) is 10.3. The summed E-state index contributed by atoms with van der Waals surface area (Å²) in [4.78, 5) is 6.62. The minimum Gasteiger partial charge on any atom is -0.474 e. The van der Waals surface area contributed by atoms with Crippen LogP contribution in [0.25, 0.3) is 0 Å². The molecule has 0 amide bonds. The van der Waals surface area contributed by atoms with Crippen molar-refractivity contribution in [2.45, 2.75) is 25.3 Å². The second kappa shape index (κ2) is 6.68. The van der Waals surface area contributed by atoms with Crippen molar-refractivity contribution in [3.63, 3.8) is 0 Å². The quantitative estimate of drug-likeness (QED) is 0.600. The van der Waals surface area contributed by atoms with Gasteiger partial charge in [-0.3, -0.25) is 0 Å². The van der Waals surface area contributed by atoms with E-state index in [-0.39, 0.29) is 76.3 Å². The molecule has 1 aromatic rings. The van der Waals surface area contributed by atoms with Crippen LogP contribution in [0.1, 0.15) is 19.3 Å². The van der Waals surface area contributed by atoms with Crippen molar-refractivity contribution in [1.29, 1.82) is 0 Å². The monoisotopic (exact) mass is 353 g/mol. The molecule has 3 rings (SSSR count). The minimum atomic E-state index is 0. The fourth-order valence-electron chi connectivity index (χ4n) is 2.44. The van der Waals surface area contributed by atoms with Gasteiger partial charge in [-0.2, -0.15) is 0 Å². The number of hydrogen-bond acceptors (Lipinski definition) is 4. The van der Waals surface area contributed by atoms with Gasteiger partial charge in [-0.1, -0.05) is 0 Å². The minimum absolute atomic E-state index is 0.